The maximum atomic E-state index is 12.4. The van der Waals surface area contributed by atoms with Crippen LogP contribution in [-0.2, 0) is 14.3 Å². The first-order chi connectivity index (χ1) is 11.6. The van der Waals surface area contributed by atoms with Crippen LogP contribution in [0.3, 0.4) is 0 Å². The number of carbonyl (C=O) groups is 2. The number of halogens is 1. The normalized spacial score (nSPS) is 21.5. The molecule has 1 aromatic carbocycles. The van der Waals surface area contributed by atoms with E-state index in [1.54, 1.807) is 31.4 Å². The fourth-order valence-electron chi connectivity index (χ4n) is 2.51. The molecule has 1 heterocycles. The minimum Gasteiger partial charge on any atom is -0.378 e. The largest absolute Gasteiger partial charge is 0.378 e. The van der Waals surface area contributed by atoms with Crippen molar-refractivity contribution in [1.29, 1.82) is 0 Å². The van der Waals surface area contributed by atoms with E-state index in [1.165, 1.54) is 4.90 Å². The molecule has 2 amide bonds. The van der Waals surface area contributed by atoms with Crippen LogP contribution in [0, 0.1) is 0 Å². The molecule has 1 saturated heterocycles. The molecule has 3 unspecified atom stereocenters. The van der Waals surface area contributed by atoms with Gasteiger partial charge in [0.2, 0.25) is 0 Å². The minimum atomic E-state index is -0.513. The highest BCUT2D eigenvalue weighted by Crippen LogP contribution is 2.21. The Morgan fingerprint density at radius 3 is 2.79 bits per heavy atom. The van der Waals surface area contributed by atoms with Crippen LogP contribution < -0.4 is 11.1 Å². The third kappa shape index (κ3) is 4.91. The first-order valence-corrected chi connectivity index (χ1v) is 8.08. The summed E-state index contributed by atoms with van der Waals surface area (Å²) in [5.74, 6) is 0. The zero-order valence-corrected chi connectivity index (χ0v) is 14.2. The average molecular weight is 356 g/mol. The van der Waals surface area contributed by atoms with Crippen molar-refractivity contribution < 1.29 is 19.1 Å². The van der Waals surface area contributed by atoms with E-state index in [2.05, 4.69) is 5.32 Å². The zero-order chi connectivity index (χ0) is 17.5. The van der Waals surface area contributed by atoms with Gasteiger partial charge in [0.15, 0.2) is 0 Å². The van der Waals surface area contributed by atoms with Crippen LogP contribution in [0.25, 0.3) is 0 Å². The number of benzene rings is 1. The summed E-state index contributed by atoms with van der Waals surface area (Å²) in [6, 6.07) is 5.91. The second-order valence-corrected chi connectivity index (χ2v) is 6.01. The number of nitrogens with zero attached hydrogens (tertiary/aromatic N) is 1. The average Bonchev–Trinajstić information content (AvgIpc) is 3.01. The summed E-state index contributed by atoms with van der Waals surface area (Å²) in [6.45, 7) is 1.01. The first-order valence-electron chi connectivity index (χ1n) is 7.70. The van der Waals surface area contributed by atoms with Crippen molar-refractivity contribution in [2.45, 2.75) is 24.7 Å². The SMILES string of the molecule is COC(CN)COC1CC(C=O)N(C(=O)Nc2ccc(Cl)cc2)C1. The van der Waals surface area contributed by atoms with Crippen molar-refractivity contribution in [1.82, 2.24) is 4.90 Å². The number of nitrogens with one attached hydrogen (secondary N) is 1. The van der Waals surface area contributed by atoms with Crippen LogP contribution in [0.15, 0.2) is 24.3 Å². The van der Waals surface area contributed by atoms with Crippen molar-refractivity contribution in [3.05, 3.63) is 29.3 Å². The molecule has 7 nitrogen and oxygen atoms in total. The van der Waals surface area contributed by atoms with Crippen molar-refractivity contribution in [2.24, 2.45) is 5.73 Å². The fraction of sp³-hybridized carbons (Fsp3) is 0.500. The molecule has 8 heteroatoms. The van der Waals surface area contributed by atoms with Gasteiger partial charge in [0.25, 0.3) is 0 Å². The first kappa shape index (κ1) is 18.7. The van der Waals surface area contributed by atoms with Gasteiger partial charge in [-0.15, -0.1) is 0 Å². The standard InChI is InChI=1S/C16H22ClN3O4/c1-23-15(7-18)10-24-14-6-13(9-21)20(8-14)16(22)19-12-4-2-11(17)3-5-12/h2-5,9,13-15H,6-8,10,18H2,1H3,(H,19,22). The smallest absolute Gasteiger partial charge is 0.322 e. The lowest BCUT2D eigenvalue weighted by Gasteiger charge is -2.21. The number of hydrogen-bond donors (Lipinski definition) is 2. The van der Waals surface area contributed by atoms with Crippen LogP contribution in [0.2, 0.25) is 5.02 Å². The van der Waals surface area contributed by atoms with Gasteiger partial charge in [-0.05, 0) is 24.3 Å². The highest BCUT2D eigenvalue weighted by molar-refractivity contribution is 6.30. The molecule has 1 aliphatic rings. The number of hydrogen-bond acceptors (Lipinski definition) is 5. The Balaban J connectivity index is 1.92. The zero-order valence-electron chi connectivity index (χ0n) is 13.5. The summed E-state index contributed by atoms with van der Waals surface area (Å²) in [5, 5.41) is 3.34. The van der Waals surface area contributed by atoms with Gasteiger partial charge in [-0.3, -0.25) is 0 Å². The highest BCUT2D eigenvalue weighted by atomic mass is 35.5. The molecule has 0 saturated carbocycles. The molecule has 3 N–H and O–H groups in total. The lowest BCUT2D eigenvalue weighted by atomic mass is 10.2. The molecule has 1 aliphatic heterocycles. The number of aldehydes is 1. The Morgan fingerprint density at radius 1 is 1.50 bits per heavy atom. The molecule has 1 fully saturated rings. The highest BCUT2D eigenvalue weighted by Gasteiger charge is 2.36. The van der Waals surface area contributed by atoms with Gasteiger partial charge in [0, 0.05) is 37.3 Å². The van der Waals surface area contributed by atoms with E-state index < -0.39 is 6.04 Å². The van der Waals surface area contributed by atoms with E-state index in [4.69, 9.17) is 26.8 Å². The summed E-state index contributed by atoms with van der Waals surface area (Å²) in [6.07, 6.45) is 0.803. The Hall–Kier alpha value is -1.67. The Morgan fingerprint density at radius 2 is 2.21 bits per heavy atom. The minimum absolute atomic E-state index is 0.198. The Labute approximate surface area is 146 Å². The number of ether oxygens (including phenoxy) is 2. The molecule has 132 valence electrons. The van der Waals surface area contributed by atoms with E-state index in [0.717, 1.165) is 6.29 Å². The van der Waals surface area contributed by atoms with Gasteiger partial charge in [0.05, 0.1) is 24.9 Å². The molecule has 3 atom stereocenters. The Kier molecular flexibility index (Phi) is 6.99. The molecular weight excluding hydrogens is 334 g/mol. The maximum Gasteiger partial charge on any atom is 0.322 e. The summed E-state index contributed by atoms with van der Waals surface area (Å²) in [4.78, 5) is 25.1. The van der Waals surface area contributed by atoms with E-state index in [1.807, 2.05) is 0 Å². The van der Waals surface area contributed by atoms with Gasteiger partial charge in [-0.2, -0.15) is 0 Å². The second-order valence-electron chi connectivity index (χ2n) is 5.58. The molecule has 0 aliphatic carbocycles. The van der Waals surface area contributed by atoms with Crippen LogP contribution in [0.4, 0.5) is 10.5 Å². The number of rotatable bonds is 7. The molecule has 0 radical (unpaired) electrons. The quantitative estimate of drug-likeness (QED) is 0.723. The second kappa shape index (κ2) is 8.98. The van der Waals surface area contributed by atoms with Gasteiger partial charge >= 0.3 is 6.03 Å². The molecule has 0 bridgehead atoms. The maximum absolute atomic E-state index is 12.4. The number of methoxy groups -OCH3 is 1. The summed E-state index contributed by atoms with van der Waals surface area (Å²) < 4.78 is 10.9. The summed E-state index contributed by atoms with van der Waals surface area (Å²) in [7, 11) is 1.57. The van der Waals surface area contributed by atoms with Crippen LogP contribution in [0.1, 0.15) is 6.42 Å². The van der Waals surface area contributed by atoms with Crippen molar-refractivity contribution in [3.63, 3.8) is 0 Å². The van der Waals surface area contributed by atoms with E-state index in [-0.39, 0.29) is 18.2 Å². The fourth-order valence-corrected chi connectivity index (χ4v) is 2.64. The van der Waals surface area contributed by atoms with Gasteiger partial charge in [0.1, 0.15) is 6.29 Å². The third-order valence-corrected chi connectivity index (χ3v) is 4.18. The lowest BCUT2D eigenvalue weighted by molar-refractivity contribution is -0.110. The Bertz CT molecular complexity index is 551. The molecule has 2 rings (SSSR count). The number of nitrogens with two attached hydrogens (primary N) is 1. The van der Waals surface area contributed by atoms with Crippen LogP contribution in [-0.4, -0.2) is 62.3 Å². The number of anilines is 1. The summed E-state index contributed by atoms with van der Waals surface area (Å²) >= 11 is 5.82. The van der Waals surface area contributed by atoms with Gasteiger partial charge in [-0.1, -0.05) is 11.6 Å². The number of likely N-dealkylation sites (tertiary alicyclic amines) is 1. The molecule has 1 aromatic rings. The molecular formula is C16H22ClN3O4. The van der Waals surface area contributed by atoms with Crippen molar-refractivity contribution in [3.8, 4) is 0 Å². The van der Waals surface area contributed by atoms with Gasteiger partial charge < -0.3 is 30.2 Å². The number of urea groups is 1. The molecule has 0 aromatic heterocycles. The van der Waals surface area contributed by atoms with Crippen molar-refractivity contribution in [2.75, 3.05) is 32.1 Å². The monoisotopic (exact) mass is 355 g/mol. The van der Waals surface area contributed by atoms with E-state index in [9.17, 15) is 9.59 Å². The predicted octanol–water partition coefficient (Wildman–Crippen LogP) is 1.50. The lowest BCUT2D eigenvalue weighted by Crippen LogP contribution is -2.40. The van der Waals surface area contributed by atoms with Crippen LogP contribution >= 0.6 is 11.6 Å². The van der Waals surface area contributed by atoms with Crippen LogP contribution in [0.5, 0.6) is 0 Å². The third-order valence-electron chi connectivity index (χ3n) is 3.93. The predicted molar refractivity (Wildman–Crippen MR) is 91.2 cm³/mol. The molecule has 24 heavy (non-hydrogen) atoms. The molecule has 0 spiro atoms. The van der Waals surface area contributed by atoms with Crippen molar-refractivity contribution >= 4 is 29.6 Å². The van der Waals surface area contributed by atoms with Gasteiger partial charge in [-0.25, -0.2) is 4.79 Å². The topological polar surface area (TPSA) is 93.9 Å². The summed E-state index contributed by atoms with van der Waals surface area (Å²) in [5.41, 5.74) is 6.16. The number of amides is 2. The van der Waals surface area contributed by atoms with E-state index >= 15 is 0 Å². The van der Waals surface area contributed by atoms with E-state index in [0.29, 0.717) is 36.8 Å². The number of carbonyl (C=O) groups excluding carboxylic acids is 2.